The maximum absolute atomic E-state index is 12.1. The van der Waals surface area contributed by atoms with Crippen molar-refractivity contribution in [3.8, 4) is 0 Å². The third-order valence-electron chi connectivity index (χ3n) is 2.62. The predicted octanol–water partition coefficient (Wildman–Crippen LogP) is 3.91. The number of nitrogens with zero attached hydrogens (tertiary/aromatic N) is 2. The van der Waals surface area contributed by atoms with E-state index in [0.717, 1.165) is 15.8 Å². The smallest absolute Gasteiger partial charge is 0.239 e. The van der Waals surface area contributed by atoms with Crippen molar-refractivity contribution in [3.63, 3.8) is 0 Å². The van der Waals surface area contributed by atoms with Crippen LogP contribution in [0.2, 0.25) is 0 Å². The van der Waals surface area contributed by atoms with Crippen molar-refractivity contribution < 1.29 is 4.79 Å². The summed E-state index contributed by atoms with van der Waals surface area (Å²) in [5, 5.41) is 11.3. The summed E-state index contributed by atoms with van der Waals surface area (Å²) < 4.78 is 0.886. The molecule has 1 N–H and O–H groups in total. The van der Waals surface area contributed by atoms with E-state index in [9.17, 15) is 4.79 Å². The highest BCUT2D eigenvalue weighted by Crippen LogP contribution is 2.26. The summed E-state index contributed by atoms with van der Waals surface area (Å²) in [6.07, 6.45) is 0. The van der Waals surface area contributed by atoms with E-state index in [1.54, 1.807) is 23.5 Å². The Hall–Kier alpha value is -1.05. The van der Waals surface area contributed by atoms with Crippen LogP contribution in [0.4, 0.5) is 5.13 Å². The Labute approximate surface area is 137 Å². The summed E-state index contributed by atoms with van der Waals surface area (Å²) in [4.78, 5) is 12.1. The van der Waals surface area contributed by atoms with Gasteiger partial charge in [0.2, 0.25) is 11.0 Å². The summed E-state index contributed by atoms with van der Waals surface area (Å²) in [6.45, 7) is 3.97. The molecule has 1 heterocycles. The van der Waals surface area contributed by atoms with Crippen LogP contribution in [0.3, 0.4) is 0 Å². The third kappa shape index (κ3) is 5.33. The molecular weight excluding hydrogens is 322 g/mol. The Morgan fingerprint density at radius 1 is 1.33 bits per heavy atom. The first kappa shape index (κ1) is 16.3. The summed E-state index contributed by atoms with van der Waals surface area (Å²) >= 11 is 4.66. The minimum absolute atomic E-state index is 0.0277. The molecule has 0 saturated carbocycles. The molecule has 1 atom stereocenters. The maximum Gasteiger partial charge on any atom is 0.239 e. The number of carbonyl (C=O) groups excluding carboxylic acids is 1. The molecule has 2 aromatic rings. The predicted molar refractivity (Wildman–Crippen MR) is 92.1 cm³/mol. The lowest BCUT2D eigenvalue weighted by molar-refractivity contribution is -0.115. The van der Waals surface area contributed by atoms with Crippen molar-refractivity contribution in [2.45, 2.75) is 29.2 Å². The first-order chi connectivity index (χ1) is 10.2. The van der Waals surface area contributed by atoms with Gasteiger partial charge in [-0.15, -0.1) is 22.0 Å². The second-order valence-corrected chi connectivity index (χ2v) is 8.05. The lowest BCUT2D eigenvalue weighted by atomic mass is 10.2. The van der Waals surface area contributed by atoms with Gasteiger partial charge in [-0.2, -0.15) is 0 Å². The van der Waals surface area contributed by atoms with Crippen molar-refractivity contribution in [1.82, 2.24) is 10.2 Å². The van der Waals surface area contributed by atoms with Gasteiger partial charge in [0.25, 0.3) is 0 Å². The number of amides is 1. The highest BCUT2D eigenvalue weighted by Gasteiger charge is 2.15. The fraction of sp³-hybridized carbons (Fsp3) is 0.357. The largest absolute Gasteiger partial charge is 0.300 e. The Balaban J connectivity index is 1.81. The van der Waals surface area contributed by atoms with Crippen LogP contribution in [-0.2, 0) is 10.5 Å². The van der Waals surface area contributed by atoms with Gasteiger partial charge in [0.05, 0.1) is 5.25 Å². The maximum atomic E-state index is 12.1. The fourth-order valence-corrected chi connectivity index (χ4v) is 4.02. The molecule has 1 aromatic carbocycles. The molecule has 0 aliphatic rings. The van der Waals surface area contributed by atoms with Gasteiger partial charge in [-0.05, 0) is 18.2 Å². The van der Waals surface area contributed by atoms with E-state index in [-0.39, 0.29) is 11.2 Å². The molecule has 1 aromatic heterocycles. The summed E-state index contributed by atoms with van der Waals surface area (Å²) in [7, 11) is 0. The zero-order chi connectivity index (χ0) is 15.1. The Bertz CT molecular complexity index is 574. The van der Waals surface area contributed by atoms with Crippen LogP contribution >= 0.6 is 34.9 Å². The lowest BCUT2D eigenvalue weighted by Gasteiger charge is -2.10. The molecule has 21 heavy (non-hydrogen) atoms. The van der Waals surface area contributed by atoms with E-state index in [2.05, 4.69) is 34.6 Å². The summed E-state index contributed by atoms with van der Waals surface area (Å²) in [5.41, 5.74) is 1.22. The molecule has 0 aliphatic carbocycles. The first-order valence-electron chi connectivity index (χ1n) is 6.61. The minimum atomic E-state index is -0.128. The van der Waals surface area contributed by atoms with Crippen LogP contribution in [-0.4, -0.2) is 27.1 Å². The Morgan fingerprint density at radius 3 is 2.81 bits per heavy atom. The van der Waals surface area contributed by atoms with Gasteiger partial charge in [-0.1, -0.05) is 60.4 Å². The Kier molecular flexibility index (Phi) is 6.53. The topological polar surface area (TPSA) is 54.9 Å². The molecule has 0 spiro atoms. The standard InChI is InChI=1S/C14H17N3OS3/c1-3-19-14-17-16-13(21-14)15-12(18)10(2)20-9-11-7-5-4-6-8-11/h4-8,10H,3,9H2,1-2H3,(H,15,16,18)/t10-/m1/s1. The van der Waals surface area contributed by atoms with Gasteiger partial charge in [-0.3, -0.25) is 10.1 Å². The molecule has 0 bridgehead atoms. The molecule has 0 saturated heterocycles. The molecule has 0 unspecified atom stereocenters. The number of hydrogen-bond donors (Lipinski definition) is 1. The average molecular weight is 340 g/mol. The van der Waals surface area contributed by atoms with Crippen LogP contribution in [0.1, 0.15) is 19.4 Å². The van der Waals surface area contributed by atoms with Crippen molar-refractivity contribution in [2.24, 2.45) is 0 Å². The normalized spacial score (nSPS) is 12.1. The van der Waals surface area contributed by atoms with Crippen molar-refractivity contribution >= 4 is 45.9 Å². The van der Waals surface area contributed by atoms with Gasteiger partial charge in [0.15, 0.2) is 4.34 Å². The quantitative estimate of drug-likeness (QED) is 0.612. The molecule has 0 fully saturated rings. The summed E-state index contributed by atoms with van der Waals surface area (Å²) in [6, 6.07) is 10.1. The van der Waals surface area contributed by atoms with Crippen LogP contribution in [0.25, 0.3) is 0 Å². The minimum Gasteiger partial charge on any atom is -0.300 e. The number of carbonyl (C=O) groups is 1. The van der Waals surface area contributed by atoms with Crippen LogP contribution in [0.5, 0.6) is 0 Å². The SMILES string of the molecule is CCSc1nnc(NC(=O)[C@@H](C)SCc2ccccc2)s1. The lowest BCUT2D eigenvalue weighted by Crippen LogP contribution is -2.22. The van der Waals surface area contributed by atoms with Crippen molar-refractivity contribution in [2.75, 3.05) is 11.1 Å². The second-order valence-electron chi connectivity index (χ2n) is 4.23. The van der Waals surface area contributed by atoms with Gasteiger partial charge in [-0.25, -0.2) is 0 Å². The average Bonchev–Trinajstić information content (AvgIpc) is 2.93. The number of hydrogen-bond acceptors (Lipinski definition) is 6. The highest BCUT2D eigenvalue weighted by molar-refractivity contribution is 8.01. The van der Waals surface area contributed by atoms with E-state index >= 15 is 0 Å². The number of benzene rings is 1. The number of aromatic nitrogens is 2. The van der Waals surface area contributed by atoms with Gasteiger partial charge in [0.1, 0.15) is 0 Å². The zero-order valence-corrected chi connectivity index (χ0v) is 14.4. The van der Waals surface area contributed by atoms with E-state index in [1.165, 1.54) is 16.9 Å². The monoisotopic (exact) mass is 339 g/mol. The molecule has 4 nitrogen and oxygen atoms in total. The molecule has 112 valence electrons. The van der Waals surface area contributed by atoms with Crippen LogP contribution < -0.4 is 5.32 Å². The van der Waals surface area contributed by atoms with Crippen LogP contribution in [0, 0.1) is 0 Å². The van der Waals surface area contributed by atoms with Gasteiger partial charge >= 0.3 is 0 Å². The van der Waals surface area contributed by atoms with E-state index < -0.39 is 0 Å². The fourth-order valence-electron chi connectivity index (χ4n) is 1.52. The van der Waals surface area contributed by atoms with Gasteiger partial charge < -0.3 is 0 Å². The van der Waals surface area contributed by atoms with Crippen molar-refractivity contribution in [3.05, 3.63) is 35.9 Å². The molecule has 0 radical (unpaired) electrons. The van der Waals surface area contributed by atoms with E-state index in [0.29, 0.717) is 5.13 Å². The molecule has 7 heteroatoms. The number of rotatable bonds is 7. The third-order valence-corrected chi connectivity index (χ3v) is 5.68. The van der Waals surface area contributed by atoms with E-state index in [4.69, 9.17) is 0 Å². The number of anilines is 1. The van der Waals surface area contributed by atoms with Gasteiger partial charge in [0, 0.05) is 5.75 Å². The zero-order valence-electron chi connectivity index (χ0n) is 11.9. The van der Waals surface area contributed by atoms with E-state index in [1.807, 2.05) is 25.1 Å². The molecule has 1 amide bonds. The van der Waals surface area contributed by atoms with Crippen LogP contribution in [0.15, 0.2) is 34.7 Å². The number of thioether (sulfide) groups is 2. The first-order valence-corrected chi connectivity index (χ1v) is 9.46. The molecular formula is C14H17N3OS3. The number of nitrogens with one attached hydrogen (secondary N) is 1. The Morgan fingerprint density at radius 2 is 2.10 bits per heavy atom. The molecule has 0 aliphatic heterocycles. The summed E-state index contributed by atoms with van der Waals surface area (Å²) in [5.74, 6) is 1.74. The second kappa shape index (κ2) is 8.41. The van der Waals surface area contributed by atoms with Crippen molar-refractivity contribution in [1.29, 1.82) is 0 Å². The molecule has 2 rings (SSSR count). The highest BCUT2D eigenvalue weighted by atomic mass is 32.2.